The topological polar surface area (TPSA) is 37.8 Å². The predicted octanol–water partition coefficient (Wildman–Crippen LogP) is 3.09. The Balaban J connectivity index is 2.39. The summed E-state index contributed by atoms with van der Waals surface area (Å²) in [6.07, 6.45) is 3.24. The number of halogens is 2. The van der Waals surface area contributed by atoms with Crippen molar-refractivity contribution in [2.45, 2.75) is 6.04 Å². The minimum atomic E-state index is -0.0206. The summed E-state index contributed by atoms with van der Waals surface area (Å²) in [5, 5.41) is 4.28. The summed E-state index contributed by atoms with van der Waals surface area (Å²) in [6.45, 7) is 0. The Kier molecular flexibility index (Phi) is 3.94. The molecular weight excluding hydrogens is 257 g/mol. The van der Waals surface area contributed by atoms with Gasteiger partial charge in [0.1, 0.15) is 6.33 Å². The first kappa shape index (κ1) is 12.3. The lowest BCUT2D eigenvalue weighted by Crippen LogP contribution is -2.18. The van der Waals surface area contributed by atoms with Crippen LogP contribution in [0.15, 0.2) is 36.8 Å². The summed E-state index contributed by atoms with van der Waals surface area (Å²) >= 11 is 11.9. The number of aromatic nitrogens is 2. The monoisotopic (exact) mass is 267 g/mol. The molecule has 1 aromatic carbocycles. The summed E-state index contributed by atoms with van der Waals surface area (Å²) in [5.74, 6) is 0. The Morgan fingerprint density at radius 3 is 2.59 bits per heavy atom. The molecule has 0 aliphatic carbocycles. The van der Waals surface area contributed by atoms with E-state index in [0.717, 1.165) is 11.3 Å². The van der Waals surface area contributed by atoms with Crippen LogP contribution in [0, 0.1) is 0 Å². The second kappa shape index (κ2) is 5.45. The second-order valence-corrected chi connectivity index (χ2v) is 4.34. The highest BCUT2D eigenvalue weighted by molar-refractivity contribution is 6.42. The Bertz CT molecular complexity index is 502. The zero-order valence-electron chi connectivity index (χ0n) is 9.19. The SMILES string of the molecule is CNC(c1ccc(Cl)c(Cl)c1)c1ccncn1. The van der Waals surface area contributed by atoms with Crippen molar-refractivity contribution in [1.82, 2.24) is 15.3 Å². The van der Waals surface area contributed by atoms with Crippen LogP contribution in [0.25, 0.3) is 0 Å². The summed E-state index contributed by atoms with van der Waals surface area (Å²) in [7, 11) is 1.87. The van der Waals surface area contributed by atoms with E-state index in [1.54, 1.807) is 12.3 Å². The molecule has 1 atom stereocenters. The Morgan fingerprint density at radius 2 is 2.00 bits per heavy atom. The fourth-order valence-corrected chi connectivity index (χ4v) is 1.96. The molecule has 0 saturated heterocycles. The third-order valence-electron chi connectivity index (χ3n) is 2.47. The Labute approximate surface area is 110 Å². The minimum Gasteiger partial charge on any atom is -0.308 e. The van der Waals surface area contributed by atoms with Gasteiger partial charge in [-0.05, 0) is 30.8 Å². The van der Waals surface area contributed by atoms with Crippen molar-refractivity contribution in [2.24, 2.45) is 0 Å². The first-order valence-corrected chi connectivity index (χ1v) is 5.86. The van der Waals surface area contributed by atoms with Gasteiger partial charge < -0.3 is 5.32 Å². The van der Waals surface area contributed by atoms with Gasteiger partial charge in [0.25, 0.3) is 0 Å². The van der Waals surface area contributed by atoms with Crippen LogP contribution in [0.5, 0.6) is 0 Å². The van der Waals surface area contributed by atoms with E-state index < -0.39 is 0 Å². The van der Waals surface area contributed by atoms with E-state index in [1.165, 1.54) is 6.33 Å². The average molecular weight is 268 g/mol. The van der Waals surface area contributed by atoms with Gasteiger partial charge in [0.05, 0.1) is 21.8 Å². The van der Waals surface area contributed by atoms with E-state index in [0.29, 0.717) is 10.0 Å². The molecular formula is C12H11Cl2N3. The van der Waals surface area contributed by atoms with Crippen molar-refractivity contribution < 1.29 is 0 Å². The number of nitrogens with zero attached hydrogens (tertiary/aromatic N) is 2. The van der Waals surface area contributed by atoms with Gasteiger partial charge in [-0.3, -0.25) is 0 Å². The summed E-state index contributed by atoms with van der Waals surface area (Å²) in [5.41, 5.74) is 1.90. The van der Waals surface area contributed by atoms with E-state index in [-0.39, 0.29) is 6.04 Å². The van der Waals surface area contributed by atoms with Gasteiger partial charge in [-0.2, -0.15) is 0 Å². The van der Waals surface area contributed by atoms with Gasteiger partial charge in [0, 0.05) is 6.20 Å². The maximum Gasteiger partial charge on any atom is 0.115 e. The molecule has 0 fully saturated rings. The van der Waals surface area contributed by atoms with Gasteiger partial charge in [-0.25, -0.2) is 9.97 Å². The standard InChI is InChI=1S/C12H11Cl2N3/c1-15-12(11-4-5-16-7-17-11)8-2-3-9(13)10(14)6-8/h2-7,12,15H,1H3. The van der Waals surface area contributed by atoms with Crippen LogP contribution in [-0.2, 0) is 0 Å². The molecule has 1 N–H and O–H groups in total. The second-order valence-electron chi connectivity index (χ2n) is 3.53. The molecule has 17 heavy (non-hydrogen) atoms. The predicted molar refractivity (Wildman–Crippen MR) is 69.4 cm³/mol. The van der Waals surface area contributed by atoms with Crippen LogP contribution in [0.4, 0.5) is 0 Å². The van der Waals surface area contributed by atoms with Crippen LogP contribution in [-0.4, -0.2) is 17.0 Å². The molecule has 3 nitrogen and oxygen atoms in total. The van der Waals surface area contributed by atoms with Crippen molar-refractivity contribution in [3.05, 3.63) is 58.1 Å². The van der Waals surface area contributed by atoms with Gasteiger partial charge >= 0.3 is 0 Å². The van der Waals surface area contributed by atoms with E-state index in [4.69, 9.17) is 23.2 Å². The van der Waals surface area contributed by atoms with Gasteiger partial charge in [0.2, 0.25) is 0 Å². The maximum atomic E-state index is 6.01. The summed E-state index contributed by atoms with van der Waals surface area (Å²) < 4.78 is 0. The Morgan fingerprint density at radius 1 is 1.18 bits per heavy atom. The van der Waals surface area contributed by atoms with Crippen LogP contribution < -0.4 is 5.32 Å². The molecule has 0 bridgehead atoms. The number of rotatable bonds is 3. The van der Waals surface area contributed by atoms with Crippen molar-refractivity contribution in [3.8, 4) is 0 Å². The van der Waals surface area contributed by atoms with E-state index in [9.17, 15) is 0 Å². The smallest absolute Gasteiger partial charge is 0.115 e. The van der Waals surface area contributed by atoms with Crippen LogP contribution in [0.1, 0.15) is 17.3 Å². The van der Waals surface area contributed by atoms with E-state index in [2.05, 4.69) is 15.3 Å². The van der Waals surface area contributed by atoms with Gasteiger partial charge in [0.15, 0.2) is 0 Å². The van der Waals surface area contributed by atoms with Gasteiger partial charge in [-0.1, -0.05) is 29.3 Å². The third kappa shape index (κ3) is 2.75. The molecule has 0 aliphatic heterocycles. The zero-order chi connectivity index (χ0) is 12.3. The number of nitrogens with one attached hydrogen (secondary N) is 1. The van der Waals surface area contributed by atoms with Gasteiger partial charge in [-0.15, -0.1) is 0 Å². The zero-order valence-corrected chi connectivity index (χ0v) is 10.7. The van der Waals surface area contributed by atoms with Crippen LogP contribution in [0.2, 0.25) is 10.0 Å². The molecule has 0 radical (unpaired) electrons. The average Bonchev–Trinajstić information content (AvgIpc) is 2.36. The molecule has 0 spiro atoms. The minimum absolute atomic E-state index is 0.0206. The molecule has 5 heteroatoms. The van der Waals surface area contributed by atoms with Crippen molar-refractivity contribution in [1.29, 1.82) is 0 Å². The summed E-state index contributed by atoms with van der Waals surface area (Å²) in [6, 6.07) is 7.40. The fourth-order valence-electron chi connectivity index (χ4n) is 1.65. The maximum absolute atomic E-state index is 6.01. The van der Waals surface area contributed by atoms with Crippen LogP contribution in [0.3, 0.4) is 0 Å². The Hall–Kier alpha value is -1.16. The molecule has 0 amide bonds. The quantitative estimate of drug-likeness (QED) is 0.929. The number of hydrogen-bond acceptors (Lipinski definition) is 3. The first-order valence-electron chi connectivity index (χ1n) is 5.10. The molecule has 0 saturated carbocycles. The lowest BCUT2D eigenvalue weighted by atomic mass is 10.0. The van der Waals surface area contributed by atoms with Crippen LogP contribution >= 0.6 is 23.2 Å². The normalized spacial score (nSPS) is 12.4. The molecule has 1 unspecified atom stereocenters. The van der Waals surface area contributed by atoms with Crippen molar-refractivity contribution >= 4 is 23.2 Å². The first-order chi connectivity index (χ1) is 8.22. The van der Waals surface area contributed by atoms with Crippen molar-refractivity contribution in [2.75, 3.05) is 7.05 Å². The molecule has 1 heterocycles. The van der Waals surface area contributed by atoms with E-state index in [1.807, 2.05) is 25.2 Å². The summed E-state index contributed by atoms with van der Waals surface area (Å²) in [4.78, 5) is 8.13. The molecule has 2 aromatic rings. The van der Waals surface area contributed by atoms with E-state index >= 15 is 0 Å². The highest BCUT2D eigenvalue weighted by Crippen LogP contribution is 2.27. The number of benzene rings is 1. The van der Waals surface area contributed by atoms with Crippen molar-refractivity contribution in [3.63, 3.8) is 0 Å². The lowest BCUT2D eigenvalue weighted by molar-refractivity contribution is 0.668. The molecule has 88 valence electrons. The number of hydrogen-bond donors (Lipinski definition) is 1. The molecule has 0 aliphatic rings. The highest BCUT2D eigenvalue weighted by Gasteiger charge is 2.14. The fraction of sp³-hybridized carbons (Fsp3) is 0.167. The third-order valence-corrected chi connectivity index (χ3v) is 3.21. The lowest BCUT2D eigenvalue weighted by Gasteiger charge is -2.16. The molecule has 1 aromatic heterocycles. The largest absolute Gasteiger partial charge is 0.308 e. The highest BCUT2D eigenvalue weighted by atomic mass is 35.5. The molecule has 2 rings (SSSR count).